The number of unbranched alkanes of at least 4 members (excludes halogenated alkanes) is 25. The molecule has 0 rings (SSSR count). The van der Waals surface area contributed by atoms with Crippen molar-refractivity contribution in [3.05, 3.63) is 36.5 Å². The molecular weight excluding hydrogens is 685 g/mol. The first-order chi connectivity index (χ1) is 27.0. The molecule has 55 heavy (non-hydrogen) atoms. The van der Waals surface area contributed by atoms with Gasteiger partial charge in [0.1, 0.15) is 13.2 Å². The fourth-order valence-corrected chi connectivity index (χ4v) is 6.53. The van der Waals surface area contributed by atoms with E-state index in [1.54, 1.807) is 0 Å². The minimum Gasteiger partial charge on any atom is -0.462 e. The van der Waals surface area contributed by atoms with Crippen molar-refractivity contribution < 1.29 is 28.6 Å². The molecular formula is C49H88O6. The standard InChI is InChI=1S/C49H88O6/c1-4-7-10-13-16-19-22-23-24-25-26-27-28-31-33-36-39-42-48(51)54-45-46(55-49(52)43-40-37-34-30-21-18-15-12-9-6-3)44-53-47(50)41-38-35-32-29-20-17-14-11-8-5-2/h12,15-16,19,23-24,46H,4-11,13-14,17-18,20-22,25-45H2,1-3H3/b15-12-,19-16-,24-23-. The van der Waals surface area contributed by atoms with Crippen molar-refractivity contribution >= 4 is 17.9 Å². The van der Waals surface area contributed by atoms with Gasteiger partial charge < -0.3 is 14.2 Å². The van der Waals surface area contributed by atoms with Gasteiger partial charge in [0.25, 0.3) is 0 Å². The van der Waals surface area contributed by atoms with E-state index in [4.69, 9.17) is 14.2 Å². The van der Waals surface area contributed by atoms with E-state index in [-0.39, 0.29) is 31.1 Å². The molecule has 6 heteroatoms. The molecule has 1 atom stereocenters. The van der Waals surface area contributed by atoms with E-state index in [1.807, 2.05) is 0 Å². The smallest absolute Gasteiger partial charge is 0.306 e. The van der Waals surface area contributed by atoms with E-state index < -0.39 is 6.10 Å². The SMILES string of the molecule is CCC/C=C\CCCCCCCC(=O)OC(COC(=O)CCCCCCCCC/C=C\C/C=C\CCCCC)COC(=O)CCCCCCCCCCCC. The van der Waals surface area contributed by atoms with Crippen LogP contribution < -0.4 is 0 Å². The summed E-state index contributed by atoms with van der Waals surface area (Å²) >= 11 is 0. The number of esters is 3. The molecule has 320 valence electrons. The first-order valence-corrected chi connectivity index (χ1v) is 23.5. The quantitative estimate of drug-likeness (QED) is 0.0266. The van der Waals surface area contributed by atoms with Gasteiger partial charge in [0.2, 0.25) is 0 Å². The molecule has 0 aliphatic rings. The fraction of sp³-hybridized carbons (Fsp3) is 0.816. The maximum Gasteiger partial charge on any atom is 0.306 e. The highest BCUT2D eigenvalue weighted by atomic mass is 16.6. The van der Waals surface area contributed by atoms with Crippen molar-refractivity contribution in [3.8, 4) is 0 Å². The number of hydrogen-bond acceptors (Lipinski definition) is 6. The lowest BCUT2D eigenvalue weighted by Crippen LogP contribution is -2.30. The van der Waals surface area contributed by atoms with Crippen molar-refractivity contribution in [1.82, 2.24) is 0 Å². The molecule has 0 bridgehead atoms. The molecule has 0 aromatic rings. The Kier molecular flexibility index (Phi) is 42.4. The van der Waals surface area contributed by atoms with Crippen LogP contribution in [0.2, 0.25) is 0 Å². The van der Waals surface area contributed by atoms with Gasteiger partial charge in [0, 0.05) is 19.3 Å². The highest BCUT2D eigenvalue weighted by Crippen LogP contribution is 2.14. The second kappa shape index (κ2) is 44.3. The van der Waals surface area contributed by atoms with Crippen LogP contribution in [0.4, 0.5) is 0 Å². The molecule has 0 spiro atoms. The van der Waals surface area contributed by atoms with Crippen molar-refractivity contribution in [2.24, 2.45) is 0 Å². The van der Waals surface area contributed by atoms with E-state index in [9.17, 15) is 14.4 Å². The number of carbonyl (C=O) groups is 3. The minimum absolute atomic E-state index is 0.0763. The molecule has 0 N–H and O–H groups in total. The third-order valence-corrected chi connectivity index (χ3v) is 10.1. The molecule has 0 aliphatic heterocycles. The van der Waals surface area contributed by atoms with Crippen LogP contribution in [-0.2, 0) is 28.6 Å². The van der Waals surface area contributed by atoms with Crippen molar-refractivity contribution in [1.29, 1.82) is 0 Å². The van der Waals surface area contributed by atoms with Gasteiger partial charge in [-0.1, -0.05) is 186 Å². The Bertz CT molecular complexity index is 938. The second-order valence-corrected chi connectivity index (χ2v) is 15.7. The molecule has 0 aromatic carbocycles. The van der Waals surface area contributed by atoms with Gasteiger partial charge in [-0.15, -0.1) is 0 Å². The van der Waals surface area contributed by atoms with Crippen LogP contribution in [0.5, 0.6) is 0 Å². The Labute approximate surface area is 340 Å². The molecule has 0 heterocycles. The topological polar surface area (TPSA) is 78.9 Å². The largest absolute Gasteiger partial charge is 0.462 e. The lowest BCUT2D eigenvalue weighted by molar-refractivity contribution is -0.167. The van der Waals surface area contributed by atoms with Crippen LogP contribution in [0.25, 0.3) is 0 Å². The predicted molar refractivity (Wildman–Crippen MR) is 233 cm³/mol. The Hall–Kier alpha value is -2.37. The number of ether oxygens (including phenoxy) is 3. The zero-order chi connectivity index (χ0) is 40.1. The molecule has 0 aliphatic carbocycles. The average molecular weight is 773 g/mol. The van der Waals surface area contributed by atoms with E-state index in [1.165, 1.54) is 109 Å². The van der Waals surface area contributed by atoms with E-state index in [0.29, 0.717) is 19.3 Å². The van der Waals surface area contributed by atoms with Gasteiger partial charge in [-0.3, -0.25) is 14.4 Å². The predicted octanol–water partition coefficient (Wildman–Crippen LogP) is 15.0. The van der Waals surface area contributed by atoms with Crippen LogP contribution in [0.15, 0.2) is 36.5 Å². The molecule has 0 saturated carbocycles. The van der Waals surface area contributed by atoms with Crippen molar-refractivity contribution in [3.63, 3.8) is 0 Å². The normalized spacial score (nSPS) is 12.3. The summed E-state index contributed by atoms with van der Waals surface area (Å²) in [7, 11) is 0. The van der Waals surface area contributed by atoms with Gasteiger partial charge >= 0.3 is 17.9 Å². The lowest BCUT2D eigenvalue weighted by Gasteiger charge is -2.18. The second-order valence-electron chi connectivity index (χ2n) is 15.7. The number of rotatable bonds is 42. The summed E-state index contributed by atoms with van der Waals surface area (Å²) in [5, 5.41) is 0. The van der Waals surface area contributed by atoms with Crippen LogP contribution in [0.3, 0.4) is 0 Å². The summed E-state index contributed by atoms with van der Waals surface area (Å²) in [6, 6.07) is 0. The van der Waals surface area contributed by atoms with Gasteiger partial charge in [-0.2, -0.15) is 0 Å². The Morgan fingerprint density at radius 3 is 1.13 bits per heavy atom. The minimum atomic E-state index is -0.773. The van der Waals surface area contributed by atoms with Gasteiger partial charge in [0.05, 0.1) is 0 Å². The Balaban J connectivity index is 4.32. The highest BCUT2D eigenvalue weighted by Gasteiger charge is 2.19. The highest BCUT2D eigenvalue weighted by molar-refractivity contribution is 5.71. The molecule has 0 amide bonds. The maximum atomic E-state index is 12.7. The van der Waals surface area contributed by atoms with Crippen molar-refractivity contribution in [2.45, 2.75) is 245 Å². The van der Waals surface area contributed by atoms with Crippen LogP contribution in [0.1, 0.15) is 239 Å². The summed E-state index contributed by atoms with van der Waals surface area (Å²) < 4.78 is 16.7. The van der Waals surface area contributed by atoms with Crippen LogP contribution in [-0.4, -0.2) is 37.2 Å². The van der Waals surface area contributed by atoms with E-state index in [0.717, 1.165) is 89.9 Å². The number of allylic oxidation sites excluding steroid dienone is 6. The van der Waals surface area contributed by atoms with Gasteiger partial charge in [-0.05, 0) is 70.6 Å². The molecule has 0 fully saturated rings. The average Bonchev–Trinajstić information content (AvgIpc) is 3.18. The fourth-order valence-electron chi connectivity index (χ4n) is 6.53. The van der Waals surface area contributed by atoms with Crippen LogP contribution >= 0.6 is 0 Å². The molecule has 1 unspecified atom stereocenters. The zero-order valence-corrected chi connectivity index (χ0v) is 36.4. The first-order valence-electron chi connectivity index (χ1n) is 23.5. The first kappa shape index (κ1) is 52.6. The maximum absolute atomic E-state index is 12.7. The van der Waals surface area contributed by atoms with Crippen molar-refractivity contribution in [2.75, 3.05) is 13.2 Å². The summed E-state index contributed by atoms with van der Waals surface area (Å²) in [5.41, 5.74) is 0. The Morgan fingerprint density at radius 1 is 0.364 bits per heavy atom. The summed E-state index contributed by atoms with van der Waals surface area (Å²) in [6.45, 7) is 6.52. The summed E-state index contributed by atoms with van der Waals surface area (Å²) in [5.74, 6) is -0.894. The molecule has 0 aromatic heterocycles. The van der Waals surface area contributed by atoms with Gasteiger partial charge in [-0.25, -0.2) is 0 Å². The van der Waals surface area contributed by atoms with E-state index >= 15 is 0 Å². The van der Waals surface area contributed by atoms with Crippen LogP contribution in [0, 0.1) is 0 Å². The van der Waals surface area contributed by atoms with E-state index in [2.05, 4.69) is 57.2 Å². The summed E-state index contributed by atoms with van der Waals surface area (Å²) in [6.07, 6.45) is 49.8. The molecule has 6 nitrogen and oxygen atoms in total. The Morgan fingerprint density at radius 2 is 0.691 bits per heavy atom. The zero-order valence-electron chi connectivity index (χ0n) is 36.4. The molecule has 0 saturated heterocycles. The lowest BCUT2D eigenvalue weighted by atomic mass is 10.1. The third-order valence-electron chi connectivity index (χ3n) is 10.1. The third kappa shape index (κ3) is 42.6. The van der Waals surface area contributed by atoms with Gasteiger partial charge in [0.15, 0.2) is 6.10 Å². The number of carbonyl (C=O) groups excluding carboxylic acids is 3. The summed E-state index contributed by atoms with van der Waals surface area (Å²) in [4.78, 5) is 37.7. The number of hydrogen-bond donors (Lipinski definition) is 0. The monoisotopic (exact) mass is 773 g/mol. The molecule has 0 radical (unpaired) electrons.